The van der Waals surface area contributed by atoms with Crippen LogP contribution in [0.4, 0.5) is 4.39 Å². The van der Waals surface area contributed by atoms with Crippen LogP contribution in [0.5, 0.6) is 0 Å². The van der Waals surface area contributed by atoms with Crippen LogP contribution in [0.25, 0.3) is 0 Å². The second-order valence-electron chi connectivity index (χ2n) is 4.57. The highest BCUT2D eigenvalue weighted by molar-refractivity contribution is 5.75. The van der Waals surface area contributed by atoms with Gasteiger partial charge in [0.1, 0.15) is 12.1 Å². The lowest BCUT2D eigenvalue weighted by atomic mass is 9.81. The van der Waals surface area contributed by atoms with Crippen LogP contribution in [-0.2, 0) is 4.74 Å². The molecule has 5 unspecified atom stereocenters. The lowest BCUT2D eigenvalue weighted by Crippen LogP contribution is -2.50. The molecule has 0 bridgehead atoms. The summed E-state index contributed by atoms with van der Waals surface area (Å²) < 4.78 is 19.3. The van der Waals surface area contributed by atoms with Gasteiger partial charge in [0.2, 0.25) is 0 Å². The molecule has 2 N–H and O–H groups in total. The summed E-state index contributed by atoms with van der Waals surface area (Å²) in [7, 11) is 3.53. The largest absolute Gasteiger partial charge is 0.459 e. The molecule has 16 heavy (non-hydrogen) atoms. The van der Waals surface area contributed by atoms with Gasteiger partial charge in [0, 0.05) is 26.6 Å². The van der Waals surface area contributed by atoms with E-state index in [0.717, 1.165) is 0 Å². The lowest BCUT2D eigenvalue weighted by Gasteiger charge is -2.35. The average molecular weight is 232 g/mol. The molecule has 0 saturated heterocycles. The zero-order valence-electron chi connectivity index (χ0n) is 9.38. The standard InChI is InChI=1S/C10H17FN2O3/c1-13(2)10-12-8-6(16-10)3-5(4-14)9(15)7(8)11/h5-9,14-15H,3-4H2,1-2H3. The number of halogens is 1. The summed E-state index contributed by atoms with van der Waals surface area (Å²) in [6, 6.07) is -0.251. The summed E-state index contributed by atoms with van der Waals surface area (Å²) in [5, 5.41) is 18.7. The van der Waals surface area contributed by atoms with Gasteiger partial charge in [-0.2, -0.15) is 0 Å². The van der Waals surface area contributed by atoms with Gasteiger partial charge in [-0.15, -0.1) is 0 Å². The predicted molar refractivity (Wildman–Crippen MR) is 55.9 cm³/mol. The van der Waals surface area contributed by atoms with Gasteiger partial charge in [0.25, 0.3) is 6.02 Å². The second-order valence-corrected chi connectivity index (χ2v) is 4.57. The summed E-state index contributed by atoms with van der Waals surface area (Å²) in [4.78, 5) is 5.79. The molecule has 5 atom stereocenters. The highest BCUT2D eigenvalue weighted by Crippen LogP contribution is 2.34. The number of aliphatic hydroxyl groups is 2. The van der Waals surface area contributed by atoms with Crippen molar-refractivity contribution < 1.29 is 19.3 Å². The van der Waals surface area contributed by atoms with Crippen LogP contribution in [0.3, 0.4) is 0 Å². The van der Waals surface area contributed by atoms with Crippen molar-refractivity contribution in [2.75, 3.05) is 20.7 Å². The molecule has 0 aromatic rings. The van der Waals surface area contributed by atoms with Gasteiger partial charge >= 0.3 is 0 Å². The van der Waals surface area contributed by atoms with E-state index in [4.69, 9.17) is 9.84 Å². The van der Waals surface area contributed by atoms with Crippen molar-refractivity contribution in [1.82, 2.24) is 4.90 Å². The first kappa shape index (κ1) is 11.6. The summed E-state index contributed by atoms with van der Waals surface area (Å²) >= 11 is 0. The van der Waals surface area contributed by atoms with Gasteiger partial charge in [-0.3, -0.25) is 0 Å². The van der Waals surface area contributed by atoms with E-state index in [1.54, 1.807) is 19.0 Å². The third kappa shape index (κ3) is 1.76. The molecule has 0 spiro atoms. The van der Waals surface area contributed by atoms with Crippen molar-refractivity contribution in [3.63, 3.8) is 0 Å². The van der Waals surface area contributed by atoms with Crippen LogP contribution in [0, 0.1) is 5.92 Å². The molecule has 1 aliphatic heterocycles. The average Bonchev–Trinajstić information content (AvgIpc) is 2.67. The normalized spacial score (nSPS) is 42.3. The fraction of sp³-hybridized carbons (Fsp3) is 0.900. The minimum atomic E-state index is -1.46. The Kier molecular flexibility index (Phi) is 3.03. The van der Waals surface area contributed by atoms with Crippen LogP contribution in [0.2, 0.25) is 0 Å². The summed E-state index contributed by atoms with van der Waals surface area (Å²) in [5.74, 6) is -0.465. The molecular formula is C10H17FN2O3. The SMILES string of the molecule is CN(C)C1=NC2C(CC(CO)C(O)C2F)O1. The monoisotopic (exact) mass is 232 g/mol. The number of nitrogens with zero attached hydrogens (tertiary/aromatic N) is 2. The fourth-order valence-electron chi connectivity index (χ4n) is 2.21. The zero-order chi connectivity index (χ0) is 11.9. The van der Waals surface area contributed by atoms with E-state index in [2.05, 4.69) is 4.99 Å². The van der Waals surface area contributed by atoms with Gasteiger partial charge in [-0.1, -0.05) is 0 Å². The number of aliphatic hydroxyl groups excluding tert-OH is 2. The Morgan fingerprint density at radius 2 is 2.25 bits per heavy atom. The predicted octanol–water partition coefficient (Wildman–Crippen LogP) is -0.617. The third-order valence-electron chi connectivity index (χ3n) is 3.18. The molecule has 0 amide bonds. The van der Waals surface area contributed by atoms with E-state index >= 15 is 0 Å². The summed E-state index contributed by atoms with van der Waals surface area (Å²) in [6.07, 6.45) is -2.55. The van der Waals surface area contributed by atoms with Gasteiger partial charge < -0.3 is 19.8 Å². The Hall–Kier alpha value is -0.880. The first-order chi connectivity index (χ1) is 7.54. The number of rotatable bonds is 1. The van der Waals surface area contributed by atoms with Gasteiger partial charge in [-0.25, -0.2) is 9.38 Å². The molecule has 2 aliphatic rings. The number of ether oxygens (including phenoxy) is 1. The van der Waals surface area contributed by atoms with Crippen LogP contribution in [0.1, 0.15) is 6.42 Å². The minimum Gasteiger partial charge on any atom is -0.459 e. The zero-order valence-corrected chi connectivity index (χ0v) is 9.38. The molecular weight excluding hydrogens is 215 g/mol. The maximum Gasteiger partial charge on any atom is 0.287 e. The molecule has 0 aromatic heterocycles. The van der Waals surface area contributed by atoms with Crippen LogP contribution in [0.15, 0.2) is 4.99 Å². The maximum absolute atomic E-state index is 13.8. The number of fused-ring (bicyclic) bond motifs is 1. The topological polar surface area (TPSA) is 65.3 Å². The van der Waals surface area contributed by atoms with Crippen LogP contribution in [-0.4, -0.2) is 66.3 Å². The van der Waals surface area contributed by atoms with E-state index in [1.165, 1.54) is 0 Å². The Morgan fingerprint density at radius 1 is 1.56 bits per heavy atom. The quantitative estimate of drug-likeness (QED) is 0.632. The van der Waals surface area contributed by atoms with Gasteiger partial charge in [0.05, 0.1) is 6.10 Å². The highest BCUT2D eigenvalue weighted by atomic mass is 19.1. The molecule has 5 nitrogen and oxygen atoms in total. The third-order valence-corrected chi connectivity index (χ3v) is 3.18. The summed E-state index contributed by atoms with van der Waals surface area (Å²) in [5.41, 5.74) is 0. The van der Waals surface area contributed by atoms with Crippen molar-refractivity contribution in [3.05, 3.63) is 0 Å². The molecule has 1 saturated carbocycles. The van der Waals surface area contributed by atoms with E-state index in [9.17, 15) is 9.50 Å². The Morgan fingerprint density at radius 3 is 2.81 bits per heavy atom. The Bertz CT molecular complexity index is 298. The number of hydrogen-bond acceptors (Lipinski definition) is 5. The molecule has 2 rings (SSSR count). The van der Waals surface area contributed by atoms with Gasteiger partial charge in [-0.05, 0) is 6.42 Å². The van der Waals surface area contributed by atoms with Crippen molar-refractivity contribution in [1.29, 1.82) is 0 Å². The number of aliphatic imine (C=N–C) groups is 1. The number of alkyl halides is 1. The van der Waals surface area contributed by atoms with Crippen molar-refractivity contribution in [3.8, 4) is 0 Å². The molecule has 0 aromatic carbocycles. The van der Waals surface area contributed by atoms with Crippen molar-refractivity contribution in [2.24, 2.45) is 10.9 Å². The highest BCUT2D eigenvalue weighted by Gasteiger charge is 2.49. The smallest absolute Gasteiger partial charge is 0.287 e. The Balaban J connectivity index is 2.14. The van der Waals surface area contributed by atoms with E-state index < -0.39 is 24.2 Å². The number of amidine groups is 1. The molecule has 1 heterocycles. The molecule has 6 heteroatoms. The maximum atomic E-state index is 13.8. The molecule has 92 valence electrons. The molecule has 0 radical (unpaired) electrons. The van der Waals surface area contributed by atoms with Crippen molar-refractivity contribution in [2.45, 2.75) is 30.8 Å². The van der Waals surface area contributed by atoms with E-state index in [1.807, 2.05) is 0 Å². The fourth-order valence-corrected chi connectivity index (χ4v) is 2.21. The van der Waals surface area contributed by atoms with E-state index in [0.29, 0.717) is 12.4 Å². The first-order valence-electron chi connectivity index (χ1n) is 5.39. The van der Waals surface area contributed by atoms with E-state index in [-0.39, 0.29) is 12.7 Å². The second kappa shape index (κ2) is 4.18. The number of hydrogen-bond donors (Lipinski definition) is 2. The van der Waals surface area contributed by atoms with Crippen LogP contribution >= 0.6 is 0 Å². The first-order valence-corrected chi connectivity index (χ1v) is 5.39. The molecule has 1 fully saturated rings. The van der Waals surface area contributed by atoms with Crippen molar-refractivity contribution >= 4 is 6.02 Å². The Labute approximate surface area is 93.5 Å². The minimum absolute atomic E-state index is 0.231. The van der Waals surface area contributed by atoms with Gasteiger partial charge in [0.15, 0.2) is 6.17 Å². The molecule has 1 aliphatic carbocycles. The summed E-state index contributed by atoms with van der Waals surface area (Å²) in [6.45, 7) is -0.231. The lowest BCUT2D eigenvalue weighted by molar-refractivity contribution is -0.0640. The van der Waals surface area contributed by atoms with Crippen LogP contribution < -0.4 is 0 Å².